The number of carbonyl (C=O) groups is 1. The summed E-state index contributed by atoms with van der Waals surface area (Å²) in [4.78, 5) is 14.8. The fraction of sp³-hybridized carbons (Fsp3) is 0.211. The van der Waals surface area contributed by atoms with E-state index in [2.05, 4.69) is 20.9 Å². The van der Waals surface area contributed by atoms with Gasteiger partial charge in [0, 0.05) is 20.9 Å². The third-order valence-corrected chi connectivity index (χ3v) is 4.66. The highest BCUT2D eigenvalue weighted by Crippen LogP contribution is 2.46. The quantitative estimate of drug-likeness (QED) is 0.623. The van der Waals surface area contributed by atoms with E-state index in [4.69, 9.17) is 14.2 Å². The average Bonchev–Trinajstić information content (AvgIpc) is 2.97. The Morgan fingerprint density at radius 1 is 1.08 bits per heavy atom. The summed E-state index contributed by atoms with van der Waals surface area (Å²) in [6.07, 6.45) is -0.122. The van der Waals surface area contributed by atoms with Crippen LogP contribution < -0.4 is 14.2 Å². The molecule has 0 atom stereocenters. The molecule has 0 saturated heterocycles. The molecule has 0 fully saturated rings. The molecule has 0 aliphatic heterocycles. The molecule has 2 aromatic carbocycles. The summed E-state index contributed by atoms with van der Waals surface area (Å²) in [7, 11) is 4.62. The van der Waals surface area contributed by atoms with Crippen molar-refractivity contribution in [2.75, 3.05) is 21.3 Å². The monoisotopic (exact) mass is 419 g/mol. The van der Waals surface area contributed by atoms with E-state index in [1.807, 2.05) is 24.3 Å². The lowest BCUT2D eigenvalue weighted by molar-refractivity contribution is -0.136. The van der Waals surface area contributed by atoms with Gasteiger partial charge < -0.3 is 24.3 Å². The van der Waals surface area contributed by atoms with Crippen molar-refractivity contribution in [1.82, 2.24) is 4.98 Å². The van der Waals surface area contributed by atoms with Gasteiger partial charge in [0.25, 0.3) is 0 Å². The van der Waals surface area contributed by atoms with Crippen molar-refractivity contribution < 1.29 is 24.1 Å². The SMILES string of the molecule is COc1ccc(-c2[nH]c3ccc(Br)cc3c2CC(=O)O)c(OC)c1OC. The lowest BCUT2D eigenvalue weighted by Gasteiger charge is -2.16. The second kappa shape index (κ2) is 7.29. The maximum atomic E-state index is 11.5. The van der Waals surface area contributed by atoms with Gasteiger partial charge in [-0.3, -0.25) is 4.79 Å². The summed E-state index contributed by atoms with van der Waals surface area (Å²) in [6.45, 7) is 0. The Hall–Kier alpha value is -2.67. The topological polar surface area (TPSA) is 80.8 Å². The molecule has 0 bridgehead atoms. The van der Waals surface area contributed by atoms with E-state index in [0.717, 1.165) is 15.4 Å². The molecule has 0 unspecified atom stereocenters. The Labute approximate surface area is 158 Å². The molecule has 0 aliphatic carbocycles. The number of aromatic nitrogens is 1. The molecule has 0 amide bonds. The highest BCUT2D eigenvalue weighted by molar-refractivity contribution is 9.10. The van der Waals surface area contributed by atoms with Gasteiger partial charge in [-0.2, -0.15) is 0 Å². The maximum Gasteiger partial charge on any atom is 0.307 e. The zero-order valence-electron chi connectivity index (χ0n) is 14.6. The van der Waals surface area contributed by atoms with Crippen molar-refractivity contribution in [1.29, 1.82) is 0 Å². The van der Waals surface area contributed by atoms with Gasteiger partial charge in [-0.1, -0.05) is 15.9 Å². The van der Waals surface area contributed by atoms with Crippen LogP contribution >= 0.6 is 15.9 Å². The largest absolute Gasteiger partial charge is 0.493 e. The van der Waals surface area contributed by atoms with Gasteiger partial charge in [-0.25, -0.2) is 0 Å². The van der Waals surface area contributed by atoms with Crippen LogP contribution in [0.15, 0.2) is 34.8 Å². The first-order chi connectivity index (χ1) is 12.5. The number of aliphatic carboxylic acids is 1. The molecule has 3 aromatic rings. The summed E-state index contributed by atoms with van der Waals surface area (Å²) in [5.41, 5.74) is 2.91. The van der Waals surface area contributed by atoms with Crippen LogP contribution in [0.2, 0.25) is 0 Å². The summed E-state index contributed by atoms with van der Waals surface area (Å²) in [6, 6.07) is 9.30. The molecule has 1 heterocycles. The minimum absolute atomic E-state index is 0.122. The first-order valence-electron chi connectivity index (χ1n) is 7.81. The molecule has 0 radical (unpaired) electrons. The zero-order valence-corrected chi connectivity index (χ0v) is 16.1. The van der Waals surface area contributed by atoms with Crippen molar-refractivity contribution >= 4 is 32.8 Å². The smallest absolute Gasteiger partial charge is 0.307 e. The molecular weight excluding hydrogens is 402 g/mol. The van der Waals surface area contributed by atoms with E-state index in [-0.39, 0.29) is 6.42 Å². The van der Waals surface area contributed by atoms with Gasteiger partial charge in [0.05, 0.1) is 33.4 Å². The molecule has 3 rings (SSSR count). The van der Waals surface area contributed by atoms with Gasteiger partial charge in [0.15, 0.2) is 11.5 Å². The highest BCUT2D eigenvalue weighted by Gasteiger charge is 2.23. The Bertz CT molecular complexity index is 980. The van der Waals surface area contributed by atoms with Crippen LogP contribution in [-0.4, -0.2) is 37.4 Å². The van der Waals surface area contributed by atoms with Crippen molar-refractivity contribution in [3.8, 4) is 28.5 Å². The molecule has 1 aromatic heterocycles. The minimum atomic E-state index is -0.911. The molecule has 0 saturated carbocycles. The number of halogens is 1. The lowest BCUT2D eigenvalue weighted by Crippen LogP contribution is -2.02. The van der Waals surface area contributed by atoms with Crippen LogP contribution in [0.4, 0.5) is 0 Å². The Morgan fingerprint density at radius 2 is 1.81 bits per heavy atom. The van der Waals surface area contributed by atoms with Crippen molar-refractivity contribution in [3.05, 3.63) is 40.4 Å². The van der Waals surface area contributed by atoms with E-state index in [9.17, 15) is 9.90 Å². The van der Waals surface area contributed by atoms with Gasteiger partial charge in [0.1, 0.15) is 0 Å². The van der Waals surface area contributed by atoms with E-state index in [1.165, 1.54) is 14.2 Å². The van der Waals surface area contributed by atoms with Crippen LogP contribution in [0.3, 0.4) is 0 Å². The van der Waals surface area contributed by atoms with Crippen LogP contribution in [0.25, 0.3) is 22.2 Å². The average molecular weight is 420 g/mol. The van der Waals surface area contributed by atoms with Crippen LogP contribution in [-0.2, 0) is 11.2 Å². The predicted molar refractivity (Wildman–Crippen MR) is 102 cm³/mol. The maximum absolute atomic E-state index is 11.5. The number of ether oxygens (including phenoxy) is 3. The molecule has 7 heteroatoms. The molecule has 136 valence electrons. The highest BCUT2D eigenvalue weighted by atomic mass is 79.9. The number of carboxylic acids is 1. The number of hydrogen-bond donors (Lipinski definition) is 2. The summed E-state index contributed by atoms with van der Waals surface area (Å²) < 4.78 is 17.2. The predicted octanol–water partition coefficient (Wildman–Crippen LogP) is 4.25. The molecule has 6 nitrogen and oxygen atoms in total. The van der Waals surface area contributed by atoms with Gasteiger partial charge >= 0.3 is 5.97 Å². The van der Waals surface area contributed by atoms with Gasteiger partial charge in [-0.05, 0) is 35.9 Å². The first kappa shape index (κ1) is 18.1. The number of rotatable bonds is 6. The number of H-pyrrole nitrogens is 1. The number of methoxy groups -OCH3 is 3. The number of benzene rings is 2. The number of fused-ring (bicyclic) bond motifs is 1. The third-order valence-electron chi connectivity index (χ3n) is 4.17. The normalized spacial score (nSPS) is 10.8. The fourth-order valence-corrected chi connectivity index (χ4v) is 3.44. The van der Waals surface area contributed by atoms with E-state index >= 15 is 0 Å². The van der Waals surface area contributed by atoms with Crippen molar-refractivity contribution in [2.45, 2.75) is 6.42 Å². The number of nitrogens with one attached hydrogen (secondary N) is 1. The summed E-state index contributed by atoms with van der Waals surface area (Å²) >= 11 is 3.45. The van der Waals surface area contributed by atoms with E-state index in [1.54, 1.807) is 13.2 Å². The molecule has 0 spiro atoms. The van der Waals surface area contributed by atoms with E-state index < -0.39 is 5.97 Å². The first-order valence-corrected chi connectivity index (χ1v) is 8.60. The second-order valence-electron chi connectivity index (χ2n) is 5.62. The molecular formula is C19H18BrNO5. The Balaban J connectivity index is 2.33. The standard InChI is InChI=1S/C19H18BrNO5/c1-24-15-7-5-11(18(25-2)19(15)26-3)17-13(9-16(22)23)12-8-10(20)4-6-14(12)21-17/h4-8,21H,9H2,1-3H3,(H,22,23). The molecule has 0 aliphatic rings. The third kappa shape index (κ3) is 3.10. The number of carboxylic acid groups (broad SMARTS) is 1. The fourth-order valence-electron chi connectivity index (χ4n) is 3.08. The van der Waals surface area contributed by atoms with Crippen LogP contribution in [0, 0.1) is 0 Å². The second-order valence-corrected chi connectivity index (χ2v) is 6.54. The lowest BCUT2D eigenvalue weighted by atomic mass is 10.0. The summed E-state index contributed by atoms with van der Waals surface area (Å²) in [5, 5.41) is 10.2. The van der Waals surface area contributed by atoms with E-state index in [0.29, 0.717) is 34.1 Å². The number of aromatic amines is 1. The number of hydrogen-bond acceptors (Lipinski definition) is 4. The Morgan fingerprint density at radius 3 is 2.42 bits per heavy atom. The summed E-state index contributed by atoms with van der Waals surface area (Å²) in [5.74, 6) is 0.552. The van der Waals surface area contributed by atoms with Crippen molar-refractivity contribution in [2.24, 2.45) is 0 Å². The molecule has 2 N–H and O–H groups in total. The minimum Gasteiger partial charge on any atom is -0.493 e. The van der Waals surface area contributed by atoms with Crippen molar-refractivity contribution in [3.63, 3.8) is 0 Å². The Kier molecular flexibility index (Phi) is 5.08. The van der Waals surface area contributed by atoms with Crippen LogP contribution in [0.5, 0.6) is 17.2 Å². The molecule has 26 heavy (non-hydrogen) atoms. The van der Waals surface area contributed by atoms with Gasteiger partial charge in [-0.15, -0.1) is 0 Å². The van der Waals surface area contributed by atoms with Gasteiger partial charge in [0.2, 0.25) is 5.75 Å². The van der Waals surface area contributed by atoms with Crippen LogP contribution in [0.1, 0.15) is 5.56 Å². The zero-order chi connectivity index (χ0) is 18.8.